The second-order valence-corrected chi connectivity index (χ2v) is 3.82. The zero-order valence-electron chi connectivity index (χ0n) is 8.02. The van der Waals surface area contributed by atoms with Crippen molar-refractivity contribution in [2.45, 2.75) is 31.4 Å². The third-order valence-electron chi connectivity index (χ3n) is 2.81. The molecule has 2 saturated heterocycles. The molecule has 2 rings (SSSR count). The van der Waals surface area contributed by atoms with Crippen molar-refractivity contribution in [1.82, 2.24) is 4.90 Å². The summed E-state index contributed by atoms with van der Waals surface area (Å²) in [6, 6.07) is -0.320. The predicted molar refractivity (Wildman–Crippen MR) is 47.7 cm³/mol. The van der Waals surface area contributed by atoms with Crippen molar-refractivity contribution in [3.05, 3.63) is 0 Å². The lowest BCUT2D eigenvalue weighted by atomic mass is 10.2. The molecule has 0 bridgehead atoms. The van der Waals surface area contributed by atoms with Gasteiger partial charge >= 0.3 is 5.97 Å². The largest absolute Gasteiger partial charge is 0.480 e. The summed E-state index contributed by atoms with van der Waals surface area (Å²) >= 11 is 0. The highest BCUT2D eigenvalue weighted by molar-refractivity contribution is 5.73. The van der Waals surface area contributed by atoms with Crippen LogP contribution in [0.25, 0.3) is 0 Å². The average molecular weight is 201 g/mol. The molecule has 5 heteroatoms. The molecule has 0 aromatic heterocycles. The third-order valence-corrected chi connectivity index (χ3v) is 2.81. The number of carbonyl (C=O) groups is 1. The van der Waals surface area contributed by atoms with Crippen LogP contribution in [0.3, 0.4) is 0 Å². The lowest BCUT2D eigenvalue weighted by molar-refractivity contribution is -0.276. The summed E-state index contributed by atoms with van der Waals surface area (Å²) in [6.07, 6.45) is 2.63. The lowest BCUT2D eigenvalue weighted by Gasteiger charge is -2.22. The van der Waals surface area contributed by atoms with Gasteiger partial charge in [0.05, 0.1) is 6.61 Å². The molecule has 2 atom stereocenters. The van der Waals surface area contributed by atoms with Crippen LogP contribution in [-0.4, -0.2) is 47.8 Å². The van der Waals surface area contributed by atoms with Gasteiger partial charge in [-0.1, -0.05) is 0 Å². The van der Waals surface area contributed by atoms with Crippen LogP contribution in [0.1, 0.15) is 19.3 Å². The summed E-state index contributed by atoms with van der Waals surface area (Å²) in [5.74, 6) is -0.721. The molecule has 2 fully saturated rings. The van der Waals surface area contributed by atoms with Gasteiger partial charge in [0, 0.05) is 13.0 Å². The Morgan fingerprint density at radius 2 is 2.36 bits per heavy atom. The Bertz CT molecular complexity index is 215. The molecule has 80 valence electrons. The summed E-state index contributed by atoms with van der Waals surface area (Å²) in [5.41, 5.74) is 0. The zero-order valence-corrected chi connectivity index (χ0v) is 8.02. The van der Waals surface area contributed by atoms with E-state index in [9.17, 15) is 4.79 Å². The molecule has 0 saturated carbocycles. The normalized spacial score (nSPS) is 33.7. The van der Waals surface area contributed by atoms with Crippen LogP contribution >= 0.6 is 0 Å². The van der Waals surface area contributed by atoms with Crippen molar-refractivity contribution in [1.29, 1.82) is 0 Å². The molecule has 0 aromatic carbocycles. The van der Waals surface area contributed by atoms with Crippen LogP contribution in [0.4, 0.5) is 0 Å². The minimum atomic E-state index is -0.721. The quantitative estimate of drug-likeness (QED) is 0.663. The summed E-state index contributed by atoms with van der Waals surface area (Å²) in [6.45, 7) is 2.16. The van der Waals surface area contributed by atoms with Crippen LogP contribution < -0.4 is 0 Å². The minimum absolute atomic E-state index is 0.0509. The van der Waals surface area contributed by atoms with Crippen LogP contribution in [0.5, 0.6) is 0 Å². The molecule has 1 N–H and O–H groups in total. The highest BCUT2D eigenvalue weighted by Crippen LogP contribution is 2.20. The fourth-order valence-corrected chi connectivity index (χ4v) is 2.08. The molecule has 2 unspecified atom stereocenters. The van der Waals surface area contributed by atoms with Crippen molar-refractivity contribution >= 4 is 5.97 Å². The lowest BCUT2D eigenvalue weighted by Crippen LogP contribution is -2.40. The van der Waals surface area contributed by atoms with E-state index in [1.54, 1.807) is 0 Å². The average Bonchev–Trinajstić information content (AvgIpc) is 2.75. The number of nitrogens with zero attached hydrogens (tertiary/aromatic N) is 1. The molecule has 5 nitrogen and oxygen atoms in total. The van der Waals surface area contributed by atoms with E-state index in [1.807, 2.05) is 4.90 Å². The van der Waals surface area contributed by atoms with Crippen LogP contribution in [0.15, 0.2) is 0 Å². The van der Waals surface area contributed by atoms with E-state index in [0.717, 1.165) is 25.8 Å². The van der Waals surface area contributed by atoms with Gasteiger partial charge in [-0.25, -0.2) is 9.78 Å². The Labute approximate surface area is 82.5 Å². The van der Waals surface area contributed by atoms with E-state index in [0.29, 0.717) is 13.2 Å². The van der Waals surface area contributed by atoms with Crippen LogP contribution in [-0.2, 0) is 14.6 Å². The van der Waals surface area contributed by atoms with Crippen LogP contribution in [0.2, 0.25) is 0 Å². The maximum atomic E-state index is 10.9. The number of aliphatic carboxylic acids is 1. The topological polar surface area (TPSA) is 59.0 Å². The summed E-state index contributed by atoms with van der Waals surface area (Å²) in [5, 5.41) is 8.94. The van der Waals surface area contributed by atoms with E-state index in [1.165, 1.54) is 0 Å². The summed E-state index contributed by atoms with van der Waals surface area (Å²) in [7, 11) is 0. The first kappa shape index (κ1) is 9.89. The highest BCUT2D eigenvalue weighted by atomic mass is 17.2. The predicted octanol–water partition coefficient (Wildman–Crippen LogP) is 0.256. The van der Waals surface area contributed by atoms with Crippen molar-refractivity contribution < 1.29 is 19.7 Å². The second kappa shape index (κ2) is 4.25. The molecule has 14 heavy (non-hydrogen) atoms. The smallest absolute Gasteiger partial charge is 0.320 e. The van der Waals surface area contributed by atoms with Crippen molar-refractivity contribution in [2.75, 3.05) is 19.7 Å². The van der Waals surface area contributed by atoms with Gasteiger partial charge in [0.2, 0.25) is 0 Å². The van der Waals surface area contributed by atoms with Gasteiger partial charge in [0.25, 0.3) is 0 Å². The molecule has 0 aliphatic carbocycles. The first-order valence-electron chi connectivity index (χ1n) is 5.02. The van der Waals surface area contributed by atoms with Gasteiger partial charge in [-0.05, 0) is 19.4 Å². The third kappa shape index (κ3) is 2.05. The standard InChI is InChI=1S/C9H15NO4/c11-9(12)8-2-1-4-10(8)6-7-3-5-13-14-7/h7-8H,1-6H2,(H,11,12). The molecule has 0 spiro atoms. The Balaban J connectivity index is 1.86. The maximum absolute atomic E-state index is 10.9. The first-order valence-corrected chi connectivity index (χ1v) is 5.02. The van der Waals surface area contributed by atoms with E-state index >= 15 is 0 Å². The van der Waals surface area contributed by atoms with Gasteiger partial charge < -0.3 is 5.11 Å². The van der Waals surface area contributed by atoms with Gasteiger partial charge in [-0.15, -0.1) is 0 Å². The highest BCUT2D eigenvalue weighted by Gasteiger charge is 2.33. The van der Waals surface area contributed by atoms with E-state index in [4.69, 9.17) is 14.9 Å². The summed E-state index contributed by atoms with van der Waals surface area (Å²) in [4.78, 5) is 22.6. The van der Waals surface area contributed by atoms with E-state index in [2.05, 4.69) is 0 Å². The number of likely N-dealkylation sites (tertiary alicyclic amines) is 1. The zero-order chi connectivity index (χ0) is 9.97. The van der Waals surface area contributed by atoms with Crippen molar-refractivity contribution in [2.24, 2.45) is 0 Å². The molecule has 0 aromatic rings. The number of rotatable bonds is 3. The van der Waals surface area contributed by atoms with Gasteiger partial charge in [0.1, 0.15) is 12.1 Å². The second-order valence-electron chi connectivity index (χ2n) is 3.82. The Morgan fingerprint density at radius 3 is 3.00 bits per heavy atom. The summed E-state index contributed by atoms with van der Waals surface area (Å²) < 4.78 is 0. The molecule has 2 aliphatic heterocycles. The van der Waals surface area contributed by atoms with Gasteiger partial charge in [-0.3, -0.25) is 9.69 Å². The van der Waals surface area contributed by atoms with E-state index in [-0.39, 0.29) is 12.1 Å². The Hall–Kier alpha value is -0.650. The minimum Gasteiger partial charge on any atom is -0.480 e. The fourth-order valence-electron chi connectivity index (χ4n) is 2.08. The van der Waals surface area contributed by atoms with Gasteiger partial charge in [-0.2, -0.15) is 0 Å². The molecule has 2 heterocycles. The van der Waals surface area contributed by atoms with Crippen LogP contribution in [0, 0.1) is 0 Å². The van der Waals surface area contributed by atoms with Crippen molar-refractivity contribution in [3.63, 3.8) is 0 Å². The van der Waals surface area contributed by atoms with Crippen molar-refractivity contribution in [3.8, 4) is 0 Å². The van der Waals surface area contributed by atoms with Gasteiger partial charge in [0.15, 0.2) is 0 Å². The number of hydrogen-bond donors (Lipinski definition) is 1. The maximum Gasteiger partial charge on any atom is 0.320 e. The molecule has 0 radical (unpaired) electrons. The Morgan fingerprint density at radius 1 is 1.50 bits per heavy atom. The molecule has 2 aliphatic rings. The molecular formula is C9H15NO4. The SMILES string of the molecule is O=C(O)C1CCCN1CC1CCOO1. The van der Waals surface area contributed by atoms with E-state index < -0.39 is 5.97 Å². The molecular weight excluding hydrogens is 186 g/mol. The first-order chi connectivity index (χ1) is 6.77. The number of hydrogen-bond acceptors (Lipinski definition) is 4. The Kier molecular flexibility index (Phi) is 3.00. The fraction of sp³-hybridized carbons (Fsp3) is 0.889. The number of carboxylic acids is 1. The number of carboxylic acid groups (broad SMARTS) is 1. The molecule has 0 amide bonds. The monoisotopic (exact) mass is 201 g/mol.